The van der Waals surface area contributed by atoms with Crippen molar-refractivity contribution < 1.29 is 24.7 Å². The van der Waals surface area contributed by atoms with E-state index < -0.39 is 23.2 Å². The van der Waals surface area contributed by atoms with Gasteiger partial charge < -0.3 is 25.3 Å². The van der Waals surface area contributed by atoms with Crippen LogP contribution in [0.2, 0.25) is 0 Å². The fourth-order valence-electron chi connectivity index (χ4n) is 1.85. The Morgan fingerprint density at radius 3 is 2.24 bits per heavy atom. The van der Waals surface area contributed by atoms with Crippen LogP contribution in [0.3, 0.4) is 0 Å². The number of aliphatic carboxylic acids is 1. The van der Waals surface area contributed by atoms with Gasteiger partial charge >= 0.3 is 6.09 Å². The monoisotopic (exact) mass is 244 g/mol. The van der Waals surface area contributed by atoms with E-state index in [2.05, 4.69) is 5.32 Å². The molecule has 0 unspecified atom stereocenters. The Labute approximate surface area is 101 Å². The van der Waals surface area contributed by atoms with Gasteiger partial charge in [-0.2, -0.15) is 0 Å². The summed E-state index contributed by atoms with van der Waals surface area (Å²) < 4.78 is 5.06. The number of ether oxygens (including phenoxy) is 1. The summed E-state index contributed by atoms with van der Waals surface area (Å²) in [7, 11) is 0. The maximum atomic E-state index is 11.6. The highest BCUT2D eigenvalue weighted by Crippen LogP contribution is 2.17. The number of nitrogens with two attached hydrogens (primary N) is 1. The van der Waals surface area contributed by atoms with Crippen molar-refractivity contribution in [3.05, 3.63) is 0 Å². The Morgan fingerprint density at radius 2 is 1.82 bits per heavy atom. The Hall–Kier alpha value is -1.30. The number of carbonyl (C=O) groups excluding carboxylic acids is 2. The van der Waals surface area contributed by atoms with Crippen molar-refractivity contribution in [1.29, 1.82) is 0 Å². The van der Waals surface area contributed by atoms with Gasteiger partial charge in [0, 0.05) is 12.8 Å². The zero-order chi connectivity index (χ0) is 13.1. The van der Waals surface area contributed by atoms with Gasteiger partial charge in [0.1, 0.15) is 5.60 Å². The number of carboxylic acids is 1. The SMILES string of the molecule is CC(C)(C)OC(=O)NC1(C(=O)[O-])CC[NH2+]CC1. The number of carboxylic acid groups (broad SMARTS) is 1. The molecule has 0 radical (unpaired) electrons. The van der Waals surface area contributed by atoms with E-state index in [-0.39, 0.29) is 0 Å². The Kier molecular flexibility index (Phi) is 3.98. The highest BCUT2D eigenvalue weighted by molar-refractivity contribution is 5.83. The molecule has 1 aliphatic heterocycles. The summed E-state index contributed by atoms with van der Waals surface area (Å²) in [5, 5.41) is 15.6. The zero-order valence-electron chi connectivity index (χ0n) is 10.5. The summed E-state index contributed by atoms with van der Waals surface area (Å²) in [6, 6.07) is 0. The van der Waals surface area contributed by atoms with Gasteiger partial charge in [-0.25, -0.2) is 4.79 Å². The average Bonchev–Trinajstić information content (AvgIpc) is 2.15. The van der Waals surface area contributed by atoms with Crippen LogP contribution >= 0.6 is 0 Å². The van der Waals surface area contributed by atoms with Crippen molar-refractivity contribution in [3.8, 4) is 0 Å². The van der Waals surface area contributed by atoms with Gasteiger partial charge in [0.05, 0.1) is 24.6 Å². The van der Waals surface area contributed by atoms with Gasteiger partial charge in [-0.15, -0.1) is 0 Å². The summed E-state index contributed by atoms with van der Waals surface area (Å²) in [4.78, 5) is 22.8. The Bertz CT molecular complexity index is 303. The molecule has 1 amide bonds. The second-order valence-corrected chi connectivity index (χ2v) is 5.36. The first-order valence-corrected chi connectivity index (χ1v) is 5.79. The lowest BCUT2D eigenvalue weighted by atomic mass is 9.88. The molecule has 1 fully saturated rings. The highest BCUT2D eigenvalue weighted by Gasteiger charge is 2.38. The van der Waals surface area contributed by atoms with Crippen molar-refractivity contribution in [2.75, 3.05) is 13.1 Å². The molecule has 1 saturated heterocycles. The van der Waals surface area contributed by atoms with Crippen LogP contribution in [0, 0.1) is 0 Å². The second-order valence-electron chi connectivity index (χ2n) is 5.36. The van der Waals surface area contributed by atoms with Crippen LogP contribution in [-0.4, -0.2) is 36.3 Å². The molecular weight excluding hydrogens is 224 g/mol. The van der Waals surface area contributed by atoms with Gasteiger partial charge in [0.25, 0.3) is 0 Å². The molecule has 0 aromatic rings. The van der Waals surface area contributed by atoms with E-state index in [9.17, 15) is 14.7 Å². The quantitative estimate of drug-likeness (QED) is 0.609. The van der Waals surface area contributed by atoms with Gasteiger partial charge in [0.2, 0.25) is 0 Å². The normalized spacial score (nSPS) is 19.5. The minimum atomic E-state index is -1.28. The van der Waals surface area contributed by atoms with Gasteiger partial charge in [-0.3, -0.25) is 0 Å². The molecule has 6 heteroatoms. The van der Waals surface area contributed by atoms with Crippen molar-refractivity contribution >= 4 is 12.1 Å². The predicted molar refractivity (Wildman–Crippen MR) is 58.0 cm³/mol. The topological polar surface area (TPSA) is 95.1 Å². The summed E-state index contributed by atoms with van der Waals surface area (Å²) in [5.74, 6) is -1.24. The van der Waals surface area contributed by atoms with Crippen LogP contribution in [0.25, 0.3) is 0 Å². The Balaban J connectivity index is 2.67. The highest BCUT2D eigenvalue weighted by atomic mass is 16.6. The molecule has 1 heterocycles. The molecule has 3 N–H and O–H groups in total. The van der Waals surface area contributed by atoms with Crippen molar-refractivity contribution in [3.63, 3.8) is 0 Å². The fraction of sp³-hybridized carbons (Fsp3) is 0.818. The number of hydrogen-bond donors (Lipinski definition) is 2. The molecule has 0 saturated carbocycles. The van der Waals surface area contributed by atoms with E-state index >= 15 is 0 Å². The van der Waals surface area contributed by atoms with Crippen LogP contribution in [0.5, 0.6) is 0 Å². The van der Waals surface area contributed by atoms with E-state index in [1.807, 2.05) is 5.32 Å². The van der Waals surface area contributed by atoms with Crippen LogP contribution < -0.4 is 15.7 Å². The van der Waals surface area contributed by atoms with Crippen molar-refractivity contribution in [2.24, 2.45) is 0 Å². The predicted octanol–water partition coefficient (Wildman–Crippen LogP) is -1.64. The third kappa shape index (κ3) is 3.89. The lowest BCUT2D eigenvalue weighted by molar-refractivity contribution is -0.665. The van der Waals surface area contributed by atoms with Crippen LogP contribution in [0.15, 0.2) is 0 Å². The average molecular weight is 244 g/mol. The molecule has 0 aromatic carbocycles. The number of alkyl carbamates (subject to hydrolysis) is 1. The largest absolute Gasteiger partial charge is 0.548 e. The van der Waals surface area contributed by atoms with Gasteiger partial charge in [-0.05, 0) is 20.8 Å². The first-order chi connectivity index (χ1) is 7.75. The summed E-state index contributed by atoms with van der Waals surface area (Å²) in [5.41, 5.74) is -1.92. The second kappa shape index (κ2) is 4.91. The first kappa shape index (κ1) is 13.8. The number of nitrogens with one attached hydrogen (secondary N) is 1. The Morgan fingerprint density at radius 1 is 1.29 bits per heavy atom. The van der Waals surface area contributed by atoms with E-state index in [1.54, 1.807) is 20.8 Å². The molecule has 0 atom stereocenters. The lowest BCUT2D eigenvalue weighted by Gasteiger charge is -2.37. The van der Waals surface area contributed by atoms with Crippen molar-refractivity contribution in [1.82, 2.24) is 5.32 Å². The van der Waals surface area contributed by atoms with Gasteiger partial charge in [-0.1, -0.05) is 0 Å². The molecule has 0 aromatic heterocycles. The van der Waals surface area contributed by atoms with E-state index in [4.69, 9.17) is 4.74 Å². The van der Waals surface area contributed by atoms with E-state index in [1.165, 1.54) is 0 Å². The first-order valence-electron chi connectivity index (χ1n) is 5.79. The molecule has 1 aliphatic rings. The molecule has 0 spiro atoms. The maximum Gasteiger partial charge on any atom is 0.408 e. The number of carbonyl (C=O) groups is 2. The minimum absolute atomic E-state index is 0.356. The summed E-state index contributed by atoms with van der Waals surface area (Å²) >= 11 is 0. The molecule has 17 heavy (non-hydrogen) atoms. The maximum absolute atomic E-state index is 11.6. The zero-order valence-corrected chi connectivity index (χ0v) is 10.5. The van der Waals surface area contributed by atoms with Gasteiger partial charge in [0.15, 0.2) is 0 Å². The summed E-state index contributed by atoms with van der Waals surface area (Å²) in [6.45, 7) is 6.50. The van der Waals surface area contributed by atoms with Crippen LogP contribution in [0.1, 0.15) is 33.6 Å². The third-order valence-corrected chi connectivity index (χ3v) is 2.68. The molecule has 0 bridgehead atoms. The summed E-state index contributed by atoms with van der Waals surface area (Å²) in [6.07, 6.45) is 0.00646. The molecule has 98 valence electrons. The minimum Gasteiger partial charge on any atom is -0.548 e. The number of amides is 1. The standard InChI is InChI=1S/C11H20N2O4/c1-10(2,3)17-9(16)13-11(8(14)15)4-6-12-7-5-11/h12H,4-7H2,1-3H3,(H,13,16)(H,14,15). The van der Waals surface area contributed by atoms with Crippen LogP contribution in [-0.2, 0) is 9.53 Å². The number of rotatable bonds is 2. The molecule has 1 rings (SSSR count). The number of quaternary nitrogens is 1. The van der Waals surface area contributed by atoms with E-state index in [0.717, 1.165) is 0 Å². The molecule has 6 nitrogen and oxygen atoms in total. The van der Waals surface area contributed by atoms with E-state index in [0.29, 0.717) is 25.9 Å². The fourth-order valence-corrected chi connectivity index (χ4v) is 1.85. The third-order valence-electron chi connectivity index (χ3n) is 2.68. The van der Waals surface area contributed by atoms with Crippen LogP contribution in [0.4, 0.5) is 4.79 Å². The lowest BCUT2D eigenvalue weighted by Crippen LogP contribution is -2.89. The smallest absolute Gasteiger partial charge is 0.408 e. The number of piperidine rings is 1. The number of hydrogen-bond acceptors (Lipinski definition) is 4. The molecular formula is C11H20N2O4. The molecule has 0 aliphatic carbocycles. The van der Waals surface area contributed by atoms with Crippen molar-refractivity contribution in [2.45, 2.75) is 44.8 Å².